The summed E-state index contributed by atoms with van der Waals surface area (Å²) in [7, 11) is 0. The lowest BCUT2D eigenvalue weighted by Gasteiger charge is -2.13. The average Bonchev–Trinajstić information content (AvgIpc) is 3.24. The predicted octanol–water partition coefficient (Wildman–Crippen LogP) is 1.72. The molecule has 0 saturated carbocycles. The van der Waals surface area contributed by atoms with E-state index in [0.717, 1.165) is 4.57 Å². The molecule has 0 aliphatic heterocycles. The lowest BCUT2D eigenvalue weighted by Crippen LogP contribution is -2.42. The van der Waals surface area contributed by atoms with Crippen molar-refractivity contribution in [2.45, 2.75) is 26.9 Å². The summed E-state index contributed by atoms with van der Waals surface area (Å²) < 4.78 is 12.2. The Morgan fingerprint density at radius 2 is 1.79 bits per heavy atom. The lowest BCUT2D eigenvalue weighted by atomic mass is 10.2. The molecule has 11 nitrogen and oxygen atoms in total. The molecule has 1 amide bonds. The van der Waals surface area contributed by atoms with E-state index in [4.69, 9.17) is 9.26 Å². The number of rotatable bonds is 7. The van der Waals surface area contributed by atoms with E-state index in [1.165, 1.54) is 16.7 Å². The second kappa shape index (κ2) is 9.53. The quantitative estimate of drug-likeness (QED) is 0.409. The topological polar surface area (TPSA) is 138 Å². The minimum Gasteiger partial charge on any atom is -0.462 e. The summed E-state index contributed by atoms with van der Waals surface area (Å²) in [5.74, 6) is -0.478. The number of esters is 1. The molecule has 4 rings (SSSR count). The molecule has 2 heterocycles. The van der Waals surface area contributed by atoms with Gasteiger partial charge < -0.3 is 14.6 Å². The zero-order valence-electron chi connectivity index (χ0n) is 18.5. The first-order valence-corrected chi connectivity index (χ1v) is 10.5. The molecule has 0 aliphatic rings. The van der Waals surface area contributed by atoms with Crippen LogP contribution < -0.4 is 16.6 Å². The van der Waals surface area contributed by atoms with E-state index in [-0.39, 0.29) is 31.0 Å². The lowest BCUT2D eigenvalue weighted by molar-refractivity contribution is -0.116. The van der Waals surface area contributed by atoms with Crippen LogP contribution in [-0.2, 0) is 22.6 Å². The average molecular weight is 463 g/mol. The second-order valence-corrected chi connectivity index (χ2v) is 7.36. The predicted molar refractivity (Wildman–Crippen MR) is 122 cm³/mol. The van der Waals surface area contributed by atoms with Crippen molar-refractivity contribution in [3.8, 4) is 0 Å². The van der Waals surface area contributed by atoms with Gasteiger partial charge >= 0.3 is 11.7 Å². The summed E-state index contributed by atoms with van der Waals surface area (Å²) in [6.07, 6.45) is 0. The molecule has 0 radical (unpaired) electrons. The van der Waals surface area contributed by atoms with Crippen LogP contribution in [0.4, 0.5) is 5.69 Å². The number of fused-ring (bicyclic) bond motifs is 1. The van der Waals surface area contributed by atoms with Gasteiger partial charge in [0.2, 0.25) is 11.8 Å². The van der Waals surface area contributed by atoms with E-state index >= 15 is 0 Å². The molecule has 4 aromatic rings. The van der Waals surface area contributed by atoms with Crippen molar-refractivity contribution in [1.82, 2.24) is 19.3 Å². The number of carbonyl (C=O) groups excluding carboxylic acids is 2. The van der Waals surface area contributed by atoms with E-state index < -0.39 is 23.1 Å². The zero-order valence-corrected chi connectivity index (χ0v) is 18.5. The van der Waals surface area contributed by atoms with Gasteiger partial charge in [0.15, 0.2) is 5.82 Å². The Bertz CT molecular complexity index is 1480. The van der Waals surface area contributed by atoms with Crippen molar-refractivity contribution < 1.29 is 18.8 Å². The fraction of sp³-hybridized carbons (Fsp3) is 0.217. The van der Waals surface area contributed by atoms with Crippen LogP contribution in [0.2, 0.25) is 0 Å². The highest BCUT2D eigenvalue weighted by molar-refractivity contribution is 5.93. The number of nitrogens with one attached hydrogen (secondary N) is 1. The number of hydrogen-bond acceptors (Lipinski definition) is 8. The number of nitrogens with zero attached hydrogens (tertiary/aromatic N) is 4. The van der Waals surface area contributed by atoms with Gasteiger partial charge in [0, 0.05) is 5.69 Å². The van der Waals surface area contributed by atoms with Crippen molar-refractivity contribution in [3.05, 3.63) is 86.6 Å². The summed E-state index contributed by atoms with van der Waals surface area (Å²) in [5, 5.41) is 6.63. The molecule has 0 atom stereocenters. The van der Waals surface area contributed by atoms with Gasteiger partial charge in [0.1, 0.15) is 13.1 Å². The van der Waals surface area contributed by atoms with Gasteiger partial charge in [-0.3, -0.25) is 18.7 Å². The van der Waals surface area contributed by atoms with Crippen molar-refractivity contribution >= 4 is 28.5 Å². The molecule has 174 valence electrons. The number of benzene rings is 2. The summed E-state index contributed by atoms with van der Waals surface area (Å²) >= 11 is 0. The number of ether oxygens (including phenoxy) is 1. The normalized spacial score (nSPS) is 10.9. The van der Waals surface area contributed by atoms with Crippen LogP contribution in [0.15, 0.2) is 62.6 Å². The van der Waals surface area contributed by atoms with Crippen molar-refractivity contribution in [3.63, 3.8) is 0 Å². The van der Waals surface area contributed by atoms with Gasteiger partial charge in [-0.25, -0.2) is 9.59 Å². The number of amides is 1. The molecular formula is C23H21N5O6. The Labute approximate surface area is 192 Å². The number of aromatic nitrogens is 4. The largest absolute Gasteiger partial charge is 0.462 e. The highest BCUT2D eigenvalue weighted by atomic mass is 16.5. The number of aryl methyl sites for hydroxylation is 1. The molecule has 2 aromatic carbocycles. The monoisotopic (exact) mass is 463 g/mol. The van der Waals surface area contributed by atoms with Crippen LogP contribution in [0.3, 0.4) is 0 Å². The fourth-order valence-corrected chi connectivity index (χ4v) is 3.45. The molecule has 0 spiro atoms. The van der Waals surface area contributed by atoms with Crippen LogP contribution in [0, 0.1) is 6.92 Å². The summed E-state index contributed by atoms with van der Waals surface area (Å²) in [6, 6.07) is 12.7. The van der Waals surface area contributed by atoms with Crippen molar-refractivity contribution in [1.29, 1.82) is 0 Å². The first kappa shape index (κ1) is 22.6. The Kier molecular flexibility index (Phi) is 6.35. The second-order valence-electron chi connectivity index (χ2n) is 7.36. The van der Waals surface area contributed by atoms with Gasteiger partial charge in [-0.1, -0.05) is 17.3 Å². The van der Waals surface area contributed by atoms with Crippen LogP contribution in [-0.4, -0.2) is 37.8 Å². The molecule has 11 heteroatoms. The van der Waals surface area contributed by atoms with Crippen LogP contribution in [0.5, 0.6) is 0 Å². The van der Waals surface area contributed by atoms with Gasteiger partial charge in [-0.05, 0) is 50.2 Å². The minimum absolute atomic E-state index is 0.102. The first-order valence-electron chi connectivity index (χ1n) is 10.5. The maximum Gasteiger partial charge on any atom is 0.338 e. The van der Waals surface area contributed by atoms with E-state index in [1.54, 1.807) is 50.2 Å². The highest BCUT2D eigenvalue weighted by Gasteiger charge is 2.17. The van der Waals surface area contributed by atoms with Gasteiger partial charge in [-0.15, -0.1) is 0 Å². The maximum atomic E-state index is 13.2. The van der Waals surface area contributed by atoms with E-state index in [1.807, 2.05) is 0 Å². The Hall–Kier alpha value is -4.54. The van der Waals surface area contributed by atoms with Gasteiger partial charge in [0.05, 0.1) is 23.1 Å². The molecule has 1 N–H and O–H groups in total. The maximum absolute atomic E-state index is 13.2. The fourth-order valence-electron chi connectivity index (χ4n) is 3.45. The Balaban J connectivity index is 1.63. The molecule has 0 saturated heterocycles. The molecular weight excluding hydrogens is 442 g/mol. The number of hydrogen-bond donors (Lipinski definition) is 1. The Morgan fingerprint density at radius 3 is 2.47 bits per heavy atom. The molecule has 0 bridgehead atoms. The minimum atomic E-state index is -0.688. The highest BCUT2D eigenvalue weighted by Crippen LogP contribution is 2.12. The third-order valence-electron chi connectivity index (χ3n) is 4.98. The number of para-hydroxylation sites is 1. The molecule has 0 fully saturated rings. The third kappa shape index (κ3) is 4.63. The first-order chi connectivity index (χ1) is 16.4. The van der Waals surface area contributed by atoms with Crippen molar-refractivity contribution in [2.24, 2.45) is 0 Å². The summed E-state index contributed by atoms with van der Waals surface area (Å²) in [5.41, 5.74) is -0.103. The summed E-state index contributed by atoms with van der Waals surface area (Å²) in [6.45, 7) is 3.03. The van der Waals surface area contributed by atoms with Gasteiger partial charge in [-0.2, -0.15) is 4.98 Å². The standard InChI is InChI=1S/C23H21N5O6/c1-3-33-22(31)15-8-10-16(11-9-15)25-19(29)12-27-18-7-5-4-6-17(18)21(30)28(23(27)32)13-20-24-14(2)26-34-20/h4-11H,3,12-13H2,1-2H3,(H,25,29). The van der Waals surface area contributed by atoms with E-state index in [9.17, 15) is 19.2 Å². The van der Waals surface area contributed by atoms with Crippen LogP contribution in [0.1, 0.15) is 29.0 Å². The molecule has 0 unspecified atom stereocenters. The van der Waals surface area contributed by atoms with Crippen molar-refractivity contribution in [2.75, 3.05) is 11.9 Å². The van der Waals surface area contributed by atoms with Gasteiger partial charge in [0.25, 0.3) is 5.56 Å². The van der Waals surface area contributed by atoms with E-state index in [0.29, 0.717) is 22.6 Å². The number of anilines is 1. The SMILES string of the molecule is CCOC(=O)c1ccc(NC(=O)Cn2c(=O)n(Cc3nc(C)no3)c(=O)c3ccccc32)cc1. The third-order valence-corrected chi connectivity index (χ3v) is 4.98. The number of carbonyl (C=O) groups is 2. The van der Waals surface area contributed by atoms with Crippen LogP contribution >= 0.6 is 0 Å². The molecule has 0 aliphatic carbocycles. The molecule has 34 heavy (non-hydrogen) atoms. The zero-order chi connectivity index (χ0) is 24.2. The van der Waals surface area contributed by atoms with Crippen LogP contribution in [0.25, 0.3) is 10.9 Å². The Morgan fingerprint density at radius 1 is 1.06 bits per heavy atom. The smallest absolute Gasteiger partial charge is 0.338 e. The van der Waals surface area contributed by atoms with E-state index in [2.05, 4.69) is 15.5 Å². The molecule has 2 aromatic heterocycles. The summed E-state index contributed by atoms with van der Waals surface area (Å²) in [4.78, 5) is 54.7.